The van der Waals surface area contributed by atoms with Crippen LogP contribution in [0.4, 0.5) is 0 Å². The average molecular weight is 390 g/mol. The summed E-state index contributed by atoms with van der Waals surface area (Å²) >= 11 is 0. The predicted octanol–water partition coefficient (Wildman–Crippen LogP) is 1.76. The molecule has 0 fully saturated rings. The monoisotopic (exact) mass is 390 g/mol. The minimum atomic E-state index is -1.00. The minimum Gasteiger partial charge on any atom is -0.504 e. The molecular formula is C21H26O7. The van der Waals surface area contributed by atoms with Gasteiger partial charge in [0.05, 0.1) is 33.5 Å². The number of methoxy groups -OCH3 is 2. The van der Waals surface area contributed by atoms with Crippen molar-refractivity contribution in [2.24, 2.45) is 0 Å². The summed E-state index contributed by atoms with van der Waals surface area (Å²) in [5.74, 6) is 1.14. The van der Waals surface area contributed by atoms with Crippen LogP contribution in [0.25, 0.3) is 6.08 Å². The molecule has 4 N–H and O–H groups in total. The van der Waals surface area contributed by atoms with Crippen molar-refractivity contribution in [3.8, 4) is 23.0 Å². The SMILES string of the molecule is COc1cc(C[C@@H](O)[C@@H](CO)Oc2ccc(/C=C\CO)cc2OC)ccc1O. The van der Waals surface area contributed by atoms with Crippen LogP contribution < -0.4 is 14.2 Å². The fraction of sp³-hybridized carbons (Fsp3) is 0.333. The van der Waals surface area contributed by atoms with E-state index >= 15 is 0 Å². The molecule has 0 heterocycles. The maximum Gasteiger partial charge on any atom is 0.161 e. The van der Waals surface area contributed by atoms with Crippen molar-refractivity contribution in [3.05, 3.63) is 53.6 Å². The van der Waals surface area contributed by atoms with Crippen LogP contribution in [0.1, 0.15) is 11.1 Å². The van der Waals surface area contributed by atoms with Crippen LogP contribution in [-0.4, -0.2) is 60.1 Å². The number of aromatic hydroxyl groups is 1. The van der Waals surface area contributed by atoms with Gasteiger partial charge in [0.25, 0.3) is 0 Å². The van der Waals surface area contributed by atoms with Gasteiger partial charge in [-0.25, -0.2) is 0 Å². The first-order valence-corrected chi connectivity index (χ1v) is 8.79. The third kappa shape index (κ3) is 5.63. The molecule has 0 saturated heterocycles. The second kappa shape index (κ2) is 10.6. The van der Waals surface area contributed by atoms with Crippen LogP contribution in [0.5, 0.6) is 23.0 Å². The van der Waals surface area contributed by atoms with Gasteiger partial charge in [-0.05, 0) is 35.4 Å². The summed E-state index contributed by atoms with van der Waals surface area (Å²) in [6.45, 7) is -0.465. The zero-order valence-electron chi connectivity index (χ0n) is 15.9. The van der Waals surface area contributed by atoms with Crippen molar-refractivity contribution < 1.29 is 34.6 Å². The van der Waals surface area contributed by atoms with E-state index in [1.807, 2.05) is 0 Å². The van der Waals surface area contributed by atoms with Crippen molar-refractivity contribution in [1.82, 2.24) is 0 Å². The molecular weight excluding hydrogens is 364 g/mol. The van der Waals surface area contributed by atoms with E-state index in [0.717, 1.165) is 11.1 Å². The number of aliphatic hydroxyl groups excluding tert-OH is 3. The van der Waals surface area contributed by atoms with E-state index in [1.165, 1.54) is 20.3 Å². The van der Waals surface area contributed by atoms with E-state index in [-0.39, 0.29) is 18.8 Å². The number of rotatable bonds is 10. The minimum absolute atomic E-state index is 0.00997. The number of aliphatic hydroxyl groups is 3. The first-order valence-electron chi connectivity index (χ1n) is 8.79. The molecule has 2 aromatic carbocycles. The summed E-state index contributed by atoms with van der Waals surface area (Å²) in [5.41, 5.74) is 1.54. The Hall–Kier alpha value is -2.74. The van der Waals surface area contributed by atoms with Crippen molar-refractivity contribution >= 4 is 6.08 Å². The van der Waals surface area contributed by atoms with E-state index in [2.05, 4.69) is 0 Å². The van der Waals surface area contributed by atoms with Gasteiger partial charge in [-0.15, -0.1) is 0 Å². The van der Waals surface area contributed by atoms with Gasteiger partial charge in [-0.1, -0.05) is 24.3 Å². The number of benzene rings is 2. The molecule has 2 atom stereocenters. The highest BCUT2D eigenvalue weighted by Crippen LogP contribution is 2.31. The maximum absolute atomic E-state index is 10.5. The molecule has 0 unspecified atom stereocenters. The van der Waals surface area contributed by atoms with Gasteiger partial charge in [0.15, 0.2) is 23.0 Å². The summed E-state index contributed by atoms with van der Waals surface area (Å²) in [7, 11) is 2.94. The van der Waals surface area contributed by atoms with Crippen LogP contribution in [0.15, 0.2) is 42.5 Å². The third-order valence-electron chi connectivity index (χ3n) is 4.18. The fourth-order valence-corrected chi connectivity index (χ4v) is 2.70. The van der Waals surface area contributed by atoms with E-state index < -0.39 is 18.8 Å². The highest BCUT2D eigenvalue weighted by atomic mass is 16.5. The second-order valence-electron chi connectivity index (χ2n) is 6.11. The Kier molecular flexibility index (Phi) is 8.13. The molecule has 7 nitrogen and oxygen atoms in total. The number of phenols is 1. The number of ether oxygens (including phenoxy) is 3. The number of hydrogen-bond acceptors (Lipinski definition) is 7. The van der Waals surface area contributed by atoms with Gasteiger partial charge < -0.3 is 34.6 Å². The molecule has 28 heavy (non-hydrogen) atoms. The Morgan fingerprint density at radius 1 is 0.964 bits per heavy atom. The van der Waals surface area contributed by atoms with Crippen molar-refractivity contribution in [2.45, 2.75) is 18.6 Å². The number of hydrogen-bond donors (Lipinski definition) is 4. The molecule has 0 aliphatic heterocycles. The lowest BCUT2D eigenvalue weighted by Crippen LogP contribution is -2.36. The Morgan fingerprint density at radius 3 is 2.36 bits per heavy atom. The molecule has 0 aromatic heterocycles. The maximum atomic E-state index is 10.5. The zero-order valence-corrected chi connectivity index (χ0v) is 15.9. The normalized spacial score (nSPS) is 13.3. The molecule has 0 saturated carbocycles. The Morgan fingerprint density at radius 2 is 1.71 bits per heavy atom. The van der Waals surface area contributed by atoms with E-state index in [4.69, 9.17) is 19.3 Å². The predicted molar refractivity (Wildman–Crippen MR) is 105 cm³/mol. The van der Waals surface area contributed by atoms with Gasteiger partial charge in [0, 0.05) is 6.42 Å². The molecule has 0 radical (unpaired) electrons. The van der Waals surface area contributed by atoms with Gasteiger partial charge in [-0.3, -0.25) is 0 Å². The standard InChI is InChI=1S/C21H26O7/c1-26-19-12-15(5-7-16(19)24)10-17(25)21(13-23)28-18-8-6-14(4-3-9-22)11-20(18)27-2/h3-8,11-12,17,21-25H,9-10,13H2,1-2H3/b4-3-/t17-,21-/m1/s1. The van der Waals surface area contributed by atoms with Crippen molar-refractivity contribution in [3.63, 3.8) is 0 Å². The largest absolute Gasteiger partial charge is 0.504 e. The summed E-state index contributed by atoms with van der Waals surface area (Å²) in [6, 6.07) is 9.95. The smallest absolute Gasteiger partial charge is 0.161 e. The summed E-state index contributed by atoms with van der Waals surface area (Å²) < 4.78 is 16.2. The van der Waals surface area contributed by atoms with Crippen molar-refractivity contribution in [2.75, 3.05) is 27.4 Å². The molecule has 2 aromatic rings. The van der Waals surface area contributed by atoms with Crippen LogP contribution in [0.2, 0.25) is 0 Å². The van der Waals surface area contributed by atoms with Crippen LogP contribution in [-0.2, 0) is 6.42 Å². The molecule has 0 spiro atoms. The lowest BCUT2D eigenvalue weighted by Gasteiger charge is -2.24. The molecule has 2 rings (SSSR count). The molecule has 0 aliphatic carbocycles. The third-order valence-corrected chi connectivity index (χ3v) is 4.18. The zero-order chi connectivity index (χ0) is 20.5. The molecule has 0 aliphatic rings. The summed E-state index contributed by atoms with van der Waals surface area (Å²) in [4.78, 5) is 0. The first kappa shape index (κ1) is 21.6. The van der Waals surface area contributed by atoms with Crippen LogP contribution >= 0.6 is 0 Å². The first-order chi connectivity index (χ1) is 13.5. The summed E-state index contributed by atoms with van der Waals surface area (Å²) in [5, 5.41) is 38.7. The van der Waals surface area contributed by atoms with E-state index in [1.54, 1.807) is 42.5 Å². The van der Waals surface area contributed by atoms with E-state index in [0.29, 0.717) is 17.2 Å². The Balaban J connectivity index is 2.13. The Bertz CT molecular complexity index is 788. The highest BCUT2D eigenvalue weighted by molar-refractivity contribution is 5.56. The second-order valence-corrected chi connectivity index (χ2v) is 6.11. The number of phenolic OH excluding ortho intramolecular Hbond substituents is 1. The molecule has 7 heteroatoms. The van der Waals surface area contributed by atoms with Crippen molar-refractivity contribution in [1.29, 1.82) is 0 Å². The molecule has 0 bridgehead atoms. The Labute approximate surface area is 164 Å². The van der Waals surface area contributed by atoms with Gasteiger partial charge in [0.1, 0.15) is 6.10 Å². The fourth-order valence-electron chi connectivity index (χ4n) is 2.70. The average Bonchev–Trinajstić information content (AvgIpc) is 2.71. The van der Waals surface area contributed by atoms with Crippen LogP contribution in [0, 0.1) is 0 Å². The lowest BCUT2D eigenvalue weighted by molar-refractivity contribution is 0.00137. The van der Waals surface area contributed by atoms with Gasteiger partial charge >= 0.3 is 0 Å². The molecule has 152 valence electrons. The molecule has 0 amide bonds. The van der Waals surface area contributed by atoms with E-state index in [9.17, 15) is 15.3 Å². The summed E-state index contributed by atoms with van der Waals surface area (Å²) in [6.07, 6.45) is 1.65. The quantitative estimate of drug-likeness (QED) is 0.489. The lowest BCUT2D eigenvalue weighted by atomic mass is 10.0. The highest BCUT2D eigenvalue weighted by Gasteiger charge is 2.23. The van der Waals surface area contributed by atoms with Gasteiger partial charge in [-0.2, -0.15) is 0 Å². The van der Waals surface area contributed by atoms with Gasteiger partial charge in [0.2, 0.25) is 0 Å². The van der Waals surface area contributed by atoms with Crippen LogP contribution in [0.3, 0.4) is 0 Å². The topological polar surface area (TPSA) is 109 Å².